The van der Waals surface area contributed by atoms with Gasteiger partial charge in [-0.25, -0.2) is 8.78 Å². The molecule has 0 heterocycles. The van der Waals surface area contributed by atoms with E-state index in [2.05, 4.69) is 5.32 Å². The first-order chi connectivity index (χ1) is 19.7. The second-order valence-corrected chi connectivity index (χ2v) is 9.68. The third kappa shape index (κ3) is 6.29. The molecule has 0 aliphatic carbocycles. The highest BCUT2D eigenvalue weighted by molar-refractivity contribution is 6.40. The molecule has 0 bridgehead atoms. The Kier molecular flexibility index (Phi) is 9.45. The molecule has 5 nitrogen and oxygen atoms in total. The van der Waals surface area contributed by atoms with E-state index in [1.165, 1.54) is 12.1 Å². The van der Waals surface area contributed by atoms with E-state index in [-0.39, 0.29) is 39.7 Å². The zero-order valence-corrected chi connectivity index (χ0v) is 23.0. The summed E-state index contributed by atoms with van der Waals surface area (Å²) in [5.41, 5.74) is -10.1. The van der Waals surface area contributed by atoms with Crippen LogP contribution in [0.25, 0.3) is 0 Å². The Morgan fingerprint density at radius 1 is 0.721 bits per heavy atom. The van der Waals surface area contributed by atoms with Gasteiger partial charge in [-0.3, -0.25) is 9.59 Å². The number of ether oxygens (including phenoxy) is 1. The van der Waals surface area contributed by atoms with Gasteiger partial charge in [0.05, 0.1) is 44.7 Å². The van der Waals surface area contributed by atoms with Gasteiger partial charge in [-0.1, -0.05) is 40.9 Å². The maximum absolute atomic E-state index is 14.9. The summed E-state index contributed by atoms with van der Waals surface area (Å²) in [6.07, 6.45) is -13.8. The Morgan fingerprint density at radius 3 is 1.77 bits per heavy atom. The van der Waals surface area contributed by atoms with Crippen LogP contribution in [0.1, 0.15) is 26.3 Å². The van der Waals surface area contributed by atoms with Gasteiger partial charge in [0.2, 0.25) is 0 Å². The van der Waals surface area contributed by atoms with Crippen LogP contribution in [-0.4, -0.2) is 37.2 Å². The quantitative estimate of drug-likeness (QED) is 0.244. The van der Waals surface area contributed by atoms with Gasteiger partial charge >= 0.3 is 23.9 Å². The maximum Gasteiger partial charge on any atom is 0.457 e. The number of carbonyl (C=O) groups excluding carboxylic acids is 2. The summed E-state index contributed by atoms with van der Waals surface area (Å²) in [5, 5.41) is 1.84. The Bertz CT molecular complexity index is 1560. The molecule has 0 radical (unpaired) electrons. The van der Waals surface area contributed by atoms with E-state index in [1.807, 2.05) is 5.32 Å². The molecular weight excluding hydrogens is 673 g/mol. The lowest BCUT2D eigenvalue weighted by Crippen LogP contribution is -2.59. The van der Waals surface area contributed by atoms with Gasteiger partial charge in [0.1, 0.15) is 5.82 Å². The number of carbonyl (C=O) groups is 2. The number of benzene rings is 3. The van der Waals surface area contributed by atoms with Crippen LogP contribution in [0.4, 0.5) is 55.3 Å². The first-order valence-corrected chi connectivity index (χ1v) is 12.2. The number of halogens is 13. The van der Waals surface area contributed by atoms with Crippen molar-refractivity contribution in [3.63, 3.8) is 0 Å². The van der Waals surface area contributed by atoms with E-state index in [0.29, 0.717) is 0 Å². The fourth-order valence-electron chi connectivity index (χ4n) is 3.69. The van der Waals surface area contributed by atoms with Crippen molar-refractivity contribution in [1.82, 2.24) is 0 Å². The number of rotatable bonds is 7. The van der Waals surface area contributed by atoms with Crippen LogP contribution >= 0.6 is 34.8 Å². The molecule has 18 heteroatoms. The zero-order chi connectivity index (χ0) is 32.7. The summed E-state index contributed by atoms with van der Waals surface area (Å²) < 4.78 is 140. The Balaban J connectivity index is 2.00. The number of hydrogen-bond donors (Lipinski definition) is 2. The number of hydrogen-bond acceptors (Lipinski definition) is 3. The van der Waals surface area contributed by atoms with Crippen molar-refractivity contribution in [3.8, 4) is 5.75 Å². The van der Waals surface area contributed by atoms with Crippen molar-refractivity contribution in [3.05, 3.63) is 86.1 Å². The highest BCUT2D eigenvalue weighted by atomic mass is 35.5. The maximum atomic E-state index is 14.9. The summed E-state index contributed by atoms with van der Waals surface area (Å²) in [7, 11) is 1.07. The number of nitrogens with one attached hydrogen (secondary N) is 2. The van der Waals surface area contributed by atoms with Crippen LogP contribution < -0.4 is 15.4 Å². The Morgan fingerprint density at radius 2 is 1.28 bits per heavy atom. The van der Waals surface area contributed by atoms with Gasteiger partial charge < -0.3 is 15.4 Å². The van der Waals surface area contributed by atoms with E-state index in [0.717, 1.165) is 31.4 Å². The topological polar surface area (TPSA) is 67.4 Å². The van der Waals surface area contributed by atoms with Crippen LogP contribution in [0.2, 0.25) is 15.1 Å². The first-order valence-electron chi connectivity index (χ1n) is 11.1. The predicted octanol–water partition coefficient (Wildman–Crippen LogP) is 9.22. The molecule has 0 aliphatic heterocycles. The van der Waals surface area contributed by atoms with Crippen molar-refractivity contribution in [2.24, 2.45) is 0 Å². The SMILES string of the molecule is COc1c(NC(=O)c2ccc(F)cc2Cl)cccc1C(=O)Nc1c(Cl)cc(C(F)(C(F)(F)F)C(F)(F)C(F)(F)F)cc1Cl. The number of alkyl halides is 9. The molecule has 1 unspecified atom stereocenters. The van der Waals surface area contributed by atoms with E-state index in [1.54, 1.807) is 0 Å². The second kappa shape index (κ2) is 11.9. The van der Waals surface area contributed by atoms with Crippen molar-refractivity contribution >= 4 is 58.0 Å². The molecular formula is C25H13Cl3F10N2O3. The average Bonchev–Trinajstić information content (AvgIpc) is 2.88. The Hall–Kier alpha value is -3.43. The normalized spacial score (nSPS) is 13.7. The second-order valence-electron chi connectivity index (χ2n) is 8.46. The molecule has 43 heavy (non-hydrogen) atoms. The number of anilines is 2. The summed E-state index contributed by atoms with van der Waals surface area (Å²) >= 11 is 17.4. The van der Waals surface area contributed by atoms with Crippen LogP contribution in [0.3, 0.4) is 0 Å². The van der Waals surface area contributed by atoms with Crippen molar-refractivity contribution in [2.45, 2.75) is 23.9 Å². The van der Waals surface area contributed by atoms with Crippen molar-refractivity contribution in [2.75, 3.05) is 17.7 Å². The molecule has 3 rings (SSSR count). The van der Waals surface area contributed by atoms with Gasteiger partial charge in [-0.2, -0.15) is 35.1 Å². The smallest absolute Gasteiger partial charge is 0.457 e. The lowest BCUT2D eigenvalue weighted by Gasteiger charge is -2.36. The molecule has 0 aliphatic rings. The largest absolute Gasteiger partial charge is 0.494 e. The third-order valence-electron chi connectivity index (χ3n) is 5.75. The van der Waals surface area contributed by atoms with E-state index in [9.17, 15) is 53.5 Å². The van der Waals surface area contributed by atoms with Crippen LogP contribution in [-0.2, 0) is 5.67 Å². The van der Waals surface area contributed by atoms with Gasteiger partial charge in [-0.15, -0.1) is 0 Å². The number of para-hydroxylation sites is 1. The van der Waals surface area contributed by atoms with E-state index >= 15 is 0 Å². The van der Waals surface area contributed by atoms with Gasteiger partial charge in [-0.05, 0) is 42.5 Å². The molecule has 2 amide bonds. The summed E-state index contributed by atoms with van der Waals surface area (Å²) in [6.45, 7) is 0. The highest BCUT2D eigenvalue weighted by Gasteiger charge is 2.81. The predicted molar refractivity (Wildman–Crippen MR) is 137 cm³/mol. The Labute approximate surface area is 249 Å². The minimum atomic E-state index is -6.98. The van der Waals surface area contributed by atoms with Gasteiger partial charge in [0.25, 0.3) is 11.8 Å². The van der Waals surface area contributed by atoms with Crippen LogP contribution in [0, 0.1) is 5.82 Å². The lowest BCUT2D eigenvalue weighted by atomic mass is 9.87. The van der Waals surface area contributed by atoms with Gasteiger partial charge in [0.15, 0.2) is 5.75 Å². The summed E-state index contributed by atoms with van der Waals surface area (Å²) in [4.78, 5) is 25.7. The molecule has 2 N–H and O–H groups in total. The third-order valence-corrected chi connectivity index (χ3v) is 6.65. The highest BCUT2D eigenvalue weighted by Crippen LogP contribution is 2.59. The molecule has 232 valence electrons. The standard InChI is InChI=1S/C25H13Cl3F10N2O3/c1-43-19-13(3-2-4-17(19)39-20(41)12-6-5-11(29)9-14(12)26)21(42)40-18-15(27)7-10(8-16(18)28)22(30,24(33,34)35)23(31,32)25(36,37)38/h2-9H,1H3,(H,39,41)(H,40,42). The number of amides is 2. The molecule has 0 fully saturated rings. The minimum absolute atomic E-state index is 0.144. The molecule has 0 saturated carbocycles. The molecule has 3 aromatic carbocycles. The monoisotopic (exact) mass is 684 g/mol. The van der Waals surface area contributed by atoms with Crippen LogP contribution in [0.5, 0.6) is 5.75 Å². The molecule has 0 spiro atoms. The molecule has 0 saturated heterocycles. The average molecular weight is 686 g/mol. The van der Waals surface area contributed by atoms with E-state index in [4.69, 9.17) is 39.5 Å². The summed E-state index contributed by atoms with van der Waals surface area (Å²) in [5.74, 6) is -10.1. The molecule has 1 atom stereocenters. The molecule has 3 aromatic rings. The van der Waals surface area contributed by atoms with Crippen molar-refractivity contribution in [1.29, 1.82) is 0 Å². The van der Waals surface area contributed by atoms with E-state index < -0.39 is 62.9 Å². The molecule has 0 aromatic heterocycles. The van der Waals surface area contributed by atoms with Gasteiger partial charge in [0, 0.05) is 5.56 Å². The fourth-order valence-corrected chi connectivity index (χ4v) is 4.52. The zero-order valence-electron chi connectivity index (χ0n) is 20.8. The first kappa shape index (κ1) is 34.1. The van der Waals surface area contributed by atoms with Crippen LogP contribution in [0.15, 0.2) is 48.5 Å². The summed E-state index contributed by atoms with van der Waals surface area (Å²) in [6, 6.07) is 6.09. The lowest BCUT2D eigenvalue weighted by molar-refractivity contribution is -0.389. The fraction of sp³-hybridized carbons (Fsp3) is 0.200. The number of methoxy groups -OCH3 is 1. The van der Waals surface area contributed by atoms with Crippen molar-refractivity contribution < 1.29 is 58.2 Å². The minimum Gasteiger partial charge on any atom is -0.494 e.